The summed E-state index contributed by atoms with van der Waals surface area (Å²) in [5.74, 6) is -3.71. The van der Waals surface area contributed by atoms with Crippen LogP contribution >= 0.6 is 0 Å². The van der Waals surface area contributed by atoms with Gasteiger partial charge >= 0.3 is 11.9 Å². The predicted molar refractivity (Wildman–Crippen MR) is 160 cm³/mol. The molecule has 0 spiro atoms. The van der Waals surface area contributed by atoms with Gasteiger partial charge in [-0.2, -0.15) is 0 Å². The number of likely N-dealkylation sites (N-methyl/N-ethyl adjacent to an activating group) is 1. The fourth-order valence-corrected chi connectivity index (χ4v) is 6.57. The van der Waals surface area contributed by atoms with Crippen LogP contribution in [0.5, 0.6) is 0 Å². The zero-order valence-electron chi connectivity index (χ0n) is 28.1. The first-order valence-corrected chi connectivity index (χ1v) is 15.3. The number of methoxy groups -OCH3 is 1. The smallest absolute Gasteiger partial charge is 0.311 e. The number of esters is 2. The van der Waals surface area contributed by atoms with Crippen LogP contribution in [0.15, 0.2) is 11.6 Å². The number of allylic oxidation sites excluding steroid dienone is 1. The molecule has 2 rings (SSSR count). The summed E-state index contributed by atoms with van der Waals surface area (Å²) in [7, 11) is 5.28. The van der Waals surface area contributed by atoms with Crippen LogP contribution in [0.3, 0.4) is 0 Å². The standard InChI is InChI=1S/C32H55NO10/c1-13-24-31(8,38)15-17(2)25(35)18(3)16-32(9,39-12)28(20(5)26(36)21(6)29(37)42-24)43-30-27(41-22(7)34)23(33(10)11)14-19(4)40-30/h15,18-21,23-24,26-28,30,36,38H,13-14,16H2,1-12H3/b17-15-. The Labute approximate surface area is 257 Å². The van der Waals surface area contributed by atoms with Crippen LogP contribution in [-0.4, -0.2) is 108 Å². The number of carbonyl (C=O) groups is 3. The molecule has 0 aromatic rings. The Morgan fingerprint density at radius 3 is 2.28 bits per heavy atom. The van der Waals surface area contributed by atoms with Gasteiger partial charge in [-0.15, -0.1) is 0 Å². The third-order valence-electron chi connectivity index (χ3n) is 9.14. The maximum Gasteiger partial charge on any atom is 0.311 e. The molecule has 43 heavy (non-hydrogen) atoms. The van der Waals surface area contributed by atoms with Gasteiger partial charge in [0.15, 0.2) is 18.2 Å². The second-order valence-corrected chi connectivity index (χ2v) is 13.2. The minimum Gasteiger partial charge on any atom is -0.459 e. The first kappa shape index (κ1) is 37.3. The van der Waals surface area contributed by atoms with Crippen molar-refractivity contribution in [2.24, 2.45) is 17.8 Å². The van der Waals surface area contributed by atoms with Crippen LogP contribution in [0.25, 0.3) is 0 Å². The fraction of sp³-hybridized carbons (Fsp3) is 0.844. The highest BCUT2D eigenvalue weighted by atomic mass is 16.7. The van der Waals surface area contributed by atoms with Crippen LogP contribution in [0.1, 0.15) is 81.6 Å². The van der Waals surface area contributed by atoms with Crippen molar-refractivity contribution >= 4 is 17.7 Å². The zero-order chi connectivity index (χ0) is 33.0. The second-order valence-electron chi connectivity index (χ2n) is 13.2. The normalized spacial score (nSPS) is 43.4. The van der Waals surface area contributed by atoms with Crippen LogP contribution in [0.4, 0.5) is 0 Å². The number of hydrogen-bond acceptors (Lipinski definition) is 11. The molecule has 0 saturated carbocycles. The highest BCUT2D eigenvalue weighted by molar-refractivity contribution is 5.96. The molecule has 1 fully saturated rings. The molecule has 11 heteroatoms. The molecule has 2 aliphatic heterocycles. The molecule has 0 aromatic carbocycles. The highest BCUT2D eigenvalue weighted by Crippen LogP contribution is 2.38. The maximum absolute atomic E-state index is 13.6. The molecule has 0 aromatic heterocycles. The minimum atomic E-state index is -1.61. The Balaban J connectivity index is 2.67. The molecular weight excluding hydrogens is 558 g/mol. The molecule has 12 atom stereocenters. The van der Waals surface area contributed by atoms with Crippen molar-refractivity contribution in [1.82, 2.24) is 4.90 Å². The number of aliphatic hydroxyl groups excluding tert-OH is 1. The number of carbonyl (C=O) groups excluding carboxylic acids is 3. The molecule has 2 heterocycles. The van der Waals surface area contributed by atoms with E-state index in [0.717, 1.165) is 0 Å². The largest absolute Gasteiger partial charge is 0.459 e. The second kappa shape index (κ2) is 14.9. The van der Waals surface area contributed by atoms with Crippen LogP contribution in [-0.2, 0) is 38.1 Å². The van der Waals surface area contributed by atoms with Gasteiger partial charge in [0.1, 0.15) is 11.7 Å². The molecule has 0 radical (unpaired) electrons. The predicted octanol–water partition coefficient (Wildman–Crippen LogP) is 3.03. The van der Waals surface area contributed by atoms with E-state index in [0.29, 0.717) is 18.4 Å². The van der Waals surface area contributed by atoms with Crippen molar-refractivity contribution in [3.05, 3.63) is 11.6 Å². The van der Waals surface area contributed by atoms with Crippen molar-refractivity contribution in [2.45, 2.75) is 136 Å². The van der Waals surface area contributed by atoms with Crippen molar-refractivity contribution in [2.75, 3.05) is 21.2 Å². The summed E-state index contributed by atoms with van der Waals surface area (Å²) in [6, 6.07) is -0.217. The molecule has 2 N–H and O–H groups in total. The third-order valence-corrected chi connectivity index (χ3v) is 9.14. The SMILES string of the molecule is CCC1OC(=O)C(C)C(O)C(C)C(OC2OC(C)CC(N(C)C)C2OC(C)=O)C(C)(OC)CC(C)C(=O)/C(C)=C\C1(C)O. The number of cyclic esters (lactones) is 1. The summed E-state index contributed by atoms with van der Waals surface area (Å²) in [6.07, 6.45) is -2.68. The average molecular weight is 614 g/mol. The molecule has 2 aliphatic rings. The Morgan fingerprint density at radius 1 is 1.16 bits per heavy atom. The van der Waals surface area contributed by atoms with E-state index in [1.807, 2.05) is 25.9 Å². The summed E-state index contributed by atoms with van der Waals surface area (Å²) in [5.41, 5.74) is -2.45. The lowest BCUT2D eigenvalue weighted by atomic mass is 9.76. The van der Waals surface area contributed by atoms with Gasteiger partial charge in [0, 0.05) is 25.9 Å². The first-order chi connectivity index (χ1) is 19.8. The van der Waals surface area contributed by atoms with Crippen molar-refractivity contribution in [1.29, 1.82) is 0 Å². The van der Waals surface area contributed by atoms with Gasteiger partial charge in [0.25, 0.3) is 0 Å². The van der Waals surface area contributed by atoms with Crippen molar-refractivity contribution in [3.8, 4) is 0 Å². The average Bonchev–Trinajstić information content (AvgIpc) is 2.92. The van der Waals surface area contributed by atoms with Gasteiger partial charge < -0.3 is 38.8 Å². The lowest BCUT2D eigenvalue weighted by Crippen LogP contribution is -2.60. The summed E-state index contributed by atoms with van der Waals surface area (Å²) in [4.78, 5) is 41.0. The van der Waals surface area contributed by atoms with Crippen molar-refractivity contribution < 1.29 is 48.3 Å². The molecule has 11 nitrogen and oxygen atoms in total. The molecule has 248 valence electrons. The maximum atomic E-state index is 13.6. The number of aliphatic hydroxyl groups is 2. The summed E-state index contributed by atoms with van der Waals surface area (Å²) < 4.78 is 30.4. The summed E-state index contributed by atoms with van der Waals surface area (Å²) in [6.45, 7) is 15.0. The van der Waals surface area contributed by atoms with Gasteiger partial charge in [-0.1, -0.05) is 20.8 Å². The zero-order valence-corrected chi connectivity index (χ0v) is 28.1. The van der Waals surface area contributed by atoms with E-state index in [1.54, 1.807) is 41.5 Å². The minimum absolute atomic E-state index is 0.186. The molecule has 1 saturated heterocycles. The van der Waals surface area contributed by atoms with Crippen molar-refractivity contribution in [3.63, 3.8) is 0 Å². The number of hydrogen-bond donors (Lipinski definition) is 2. The van der Waals surface area contributed by atoms with Gasteiger partial charge in [-0.3, -0.25) is 14.4 Å². The monoisotopic (exact) mass is 613 g/mol. The molecule has 0 aliphatic carbocycles. The van der Waals surface area contributed by atoms with Gasteiger partial charge in [0.2, 0.25) is 0 Å². The highest BCUT2D eigenvalue weighted by Gasteiger charge is 2.50. The summed E-state index contributed by atoms with van der Waals surface area (Å²) in [5, 5.41) is 22.8. The van der Waals surface area contributed by atoms with E-state index in [-0.39, 0.29) is 24.3 Å². The lowest BCUT2D eigenvalue weighted by molar-refractivity contribution is -0.303. The fourth-order valence-electron chi connectivity index (χ4n) is 6.57. The molecule has 0 amide bonds. The number of rotatable bonds is 6. The Kier molecular flexibility index (Phi) is 12.9. The Bertz CT molecular complexity index is 1010. The van der Waals surface area contributed by atoms with E-state index in [4.69, 9.17) is 23.7 Å². The van der Waals surface area contributed by atoms with Gasteiger partial charge in [-0.05, 0) is 79.6 Å². The number of ketones is 1. The quantitative estimate of drug-likeness (QED) is 0.427. The first-order valence-electron chi connectivity index (χ1n) is 15.3. The lowest BCUT2D eigenvalue weighted by Gasteiger charge is -2.48. The van der Waals surface area contributed by atoms with E-state index in [1.165, 1.54) is 27.0 Å². The molecule has 12 unspecified atom stereocenters. The number of Topliss-reactive ketones (excluding diaryl/α,β-unsaturated/α-hetero) is 1. The third kappa shape index (κ3) is 8.85. The summed E-state index contributed by atoms with van der Waals surface area (Å²) >= 11 is 0. The molecule has 0 bridgehead atoms. The van der Waals surface area contributed by atoms with E-state index < -0.39 is 71.6 Å². The van der Waals surface area contributed by atoms with Crippen LogP contribution in [0, 0.1) is 17.8 Å². The molecular formula is C32H55NO10. The topological polar surface area (TPSA) is 141 Å². The number of ether oxygens (including phenoxy) is 5. The Morgan fingerprint density at radius 2 is 1.77 bits per heavy atom. The van der Waals surface area contributed by atoms with Crippen LogP contribution in [0.2, 0.25) is 0 Å². The number of nitrogens with zero attached hydrogens (tertiary/aromatic N) is 1. The van der Waals surface area contributed by atoms with Crippen LogP contribution < -0.4 is 0 Å². The van der Waals surface area contributed by atoms with E-state index in [9.17, 15) is 24.6 Å². The van der Waals surface area contributed by atoms with E-state index >= 15 is 0 Å². The Hall–Kier alpha value is -1.89. The van der Waals surface area contributed by atoms with E-state index in [2.05, 4.69) is 0 Å². The van der Waals surface area contributed by atoms with Gasteiger partial charge in [0.05, 0.1) is 35.9 Å². The van der Waals surface area contributed by atoms with Gasteiger partial charge in [-0.25, -0.2) is 0 Å².